The fourth-order valence-electron chi connectivity index (χ4n) is 2.75. The summed E-state index contributed by atoms with van der Waals surface area (Å²) in [6.07, 6.45) is 0. The summed E-state index contributed by atoms with van der Waals surface area (Å²) >= 11 is 0. The van der Waals surface area contributed by atoms with E-state index in [-0.39, 0.29) is 10.7 Å². The van der Waals surface area contributed by atoms with E-state index in [2.05, 4.69) is 9.71 Å². The Kier molecular flexibility index (Phi) is 5.25. The van der Waals surface area contributed by atoms with Crippen LogP contribution in [0.5, 0.6) is 0 Å². The van der Waals surface area contributed by atoms with Crippen molar-refractivity contribution in [1.29, 1.82) is 0 Å². The zero-order chi connectivity index (χ0) is 19.6. The van der Waals surface area contributed by atoms with E-state index in [1.165, 1.54) is 31.2 Å². The van der Waals surface area contributed by atoms with Crippen LogP contribution in [-0.2, 0) is 16.6 Å². The lowest BCUT2D eigenvalue weighted by atomic mass is 10.2. The molecule has 0 aliphatic rings. The summed E-state index contributed by atoms with van der Waals surface area (Å²) in [4.78, 5) is 18.1. The van der Waals surface area contributed by atoms with E-state index in [9.17, 15) is 13.2 Å². The first-order chi connectivity index (χ1) is 12.8. The van der Waals surface area contributed by atoms with E-state index in [1.807, 2.05) is 37.2 Å². The first kappa shape index (κ1) is 19.0. The number of aromatic nitrogens is 1. The number of para-hydroxylation sites is 1. The van der Waals surface area contributed by atoms with Gasteiger partial charge in [-0.1, -0.05) is 30.3 Å². The lowest BCUT2D eigenvalue weighted by molar-refractivity contribution is 0.101. The molecule has 3 rings (SSSR count). The molecule has 0 bridgehead atoms. The van der Waals surface area contributed by atoms with Crippen molar-refractivity contribution in [3.63, 3.8) is 0 Å². The fourth-order valence-corrected chi connectivity index (χ4v) is 3.82. The molecule has 140 valence electrons. The number of rotatable bonds is 6. The van der Waals surface area contributed by atoms with Crippen molar-refractivity contribution in [3.05, 3.63) is 65.9 Å². The fraction of sp³-hybridized carbons (Fsp3) is 0.200. The molecule has 0 fully saturated rings. The number of anilines is 1. The van der Waals surface area contributed by atoms with Crippen molar-refractivity contribution in [2.24, 2.45) is 0 Å². The van der Waals surface area contributed by atoms with Crippen LogP contribution in [0.4, 0.5) is 5.69 Å². The molecule has 0 unspecified atom stereocenters. The number of hydrogen-bond donors (Lipinski definition) is 1. The molecule has 1 heterocycles. The maximum absolute atomic E-state index is 12.8. The summed E-state index contributed by atoms with van der Waals surface area (Å²) in [6.45, 7) is 2.10. The highest BCUT2D eigenvalue weighted by atomic mass is 32.2. The predicted molar refractivity (Wildman–Crippen MR) is 106 cm³/mol. The van der Waals surface area contributed by atoms with Crippen molar-refractivity contribution < 1.29 is 13.2 Å². The molecule has 0 amide bonds. The van der Waals surface area contributed by atoms with Gasteiger partial charge in [0.1, 0.15) is 0 Å². The zero-order valence-electron chi connectivity index (χ0n) is 15.4. The molecule has 3 aromatic rings. The van der Waals surface area contributed by atoms with E-state index in [0.717, 1.165) is 11.1 Å². The second-order valence-corrected chi connectivity index (χ2v) is 8.29. The summed E-state index contributed by atoms with van der Waals surface area (Å²) in [7, 11) is 0.104. The number of nitrogens with one attached hydrogen (secondary N) is 1. The highest BCUT2D eigenvalue weighted by Gasteiger charge is 2.16. The number of hydrogen-bond acceptors (Lipinski definition) is 5. The Hall–Kier alpha value is -2.77. The summed E-state index contributed by atoms with van der Waals surface area (Å²) in [5.41, 5.74) is 2.34. The molecule has 0 aliphatic heterocycles. The SMILES string of the molecule is CC(=O)c1ccc(S(=O)(=O)Nc2cccc3ccc(CN(C)C)nc23)cc1. The van der Waals surface area contributed by atoms with Crippen LogP contribution in [0.15, 0.2) is 59.5 Å². The molecule has 0 atom stereocenters. The Morgan fingerprint density at radius 1 is 1.04 bits per heavy atom. The van der Waals surface area contributed by atoms with Crippen LogP contribution in [-0.4, -0.2) is 38.2 Å². The van der Waals surface area contributed by atoms with Gasteiger partial charge in [0.2, 0.25) is 0 Å². The second kappa shape index (κ2) is 7.46. The van der Waals surface area contributed by atoms with Gasteiger partial charge >= 0.3 is 0 Å². The third-order valence-electron chi connectivity index (χ3n) is 4.07. The number of carbonyl (C=O) groups is 1. The molecule has 0 saturated carbocycles. The van der Waals surface area contributed by atoms with E-state index in [0.29, 0.717) is 23.3 Å². The third kappa shape index (κ3) is 4.32. The van der Waals surface area contributed by atoms with Crippen molar-refractivity contribution in [2.45, 2.75) is 18.4 Å². The maximum atomic E-state index is 12.8. The number of carbonyl (C=O) groups excluding carboxylic acids is 1. The van der Waals surface area contributed by atoms with Gasteiger partial charge in [-0.15, -0.1) is 0 Å². The Labute approximate surface area is 158 Å². The number of fused-ring (bicyclic) bond motifs is 1. The highest BCUT2D eigenvalue weighted by molar-refractivity contribution is 7.92. The quantitative estimate of drug-likeness (QED) is 0.661. The average molecular weight is 383 g/mol. The number of ketones is 1. The van der Waals surface area contributed by atoms with Crippen LogP contribution < -0.4 is 4.72 Å². The Bertz CT molecular complexity index is 1090. The van der Waals surface area contributed by atoms with E-state index >= 15 is 0 Å². The van der Waals surface area contributed by atoms with Gasteiger partial charge in [0.25, 0.3) is 10.0 Å². The van der Waals surface area contributed by atoms with E-state index < -0.39 is 10.0 Å². The minimum atomic E-state index is -3.79. The lowest BCUT2D eigenvalue weighted by Crippen LogP contribution is -2.14. The molecular formula is C20H21N3O3S. The predicted octanol–water partition coefficient (Wildman–Crippen LogP) is 3.30. The van der Waals surface area contributed by atoms with Gasteiger partial charge in [-0.25, -0.2) is 13.4 Å². The van der Waals surface area contributed by atoms with Crippen LogP contribution >= 0.6 is 0 Å². The van der Waals surface area contributed by atoms with Gasteiger partial charge in [0.05, 0.1) is 21.8 Å². The highest BCUT2D eigenvalue weighted by Crippen LogP contribution is 2.25. The van der Waals surface area contributed by atoms with Crippen LogP contribution in [0, 0.1) is 0 Å². The van der Waals surface area contributed by atoms with Crippen molar-refractivity contribution >= 4 is 32.4 Å². The zero-order valence-corrected chi connectivity index (χ0v) is 16.2. The maximum Gasteiger partial charge on any atom is 0.261 e. The molecule has 6 nitrogen and oxygen atoms in total. The first-order valence-electron chi connectivity index (χ1n) is 8.43. The number of pyridine rings is 1. The summed E-state index contributed by atoms with van der Waals surface area (Å²) in [5, 5.41) is 0.852. The largest absolute Gasteiger partial charge is 0.304 e. The van der Waals surface area contributed by atoms with Gasteiger partial charge in [-0.3, -0.25) is 9.52 Å². The minimum Gasteiger partial charge on any atom is -0.304 e. The van der Waals surface area contributed by atoms with Crippen LogP contribution in [0.3, 0.4) is 0 Å². The third-order valence-corrected chi connectivity index (χ3v) is 5.45. The van der Waals surface area contributed by atoms with Crippen LogP contribution in [0.1, 0.15) is 23.0 Å². The molecular weight excluding hydrogens is 362 g/mol. The number of nitrogens with zero attached hydrogens (tertiary/aromatic N) is 2. The monoisotopic (exact) mass is 383 g/mol. The average Bonchev–Trinajstić information content (AvgIpc) is 2.61. The molecule has 0 spiro atoms. The molecule has 1 aromatic heterocycles. The minimum absolute atomic E-state index is 0.0916. The smallest absolute Gasteiger partial charge is 0.261 e. The van der Waals surface area contributed by atoms with Gasteiger partial charge in [-0.05, 0) is 45.3 Å². The second-order valence-electron chi connectivity index (χ2n) is 6.60. The molecule has 7 heteroatoms. The topological polar surface area (TPSA) is 79.4 Å². The van der Waals surface area contributed by atoms with E-state index in [1.54, 1.807) is 12.1 Å². The molecule has 0 saturated heterocycles. The molecule has 0 radical (unpaired) electrons. The molecule has 1 N–H and O–H groups in total. The lowest BCUT2D eigenvalue weighted by Gasteiger charge is -2.13. The standard InChI is InChI=1S/C20H21N3O3S/c1-14(24)15-8-11-18(12-9-15)27(25,26)22-19-6-4-5-16-7-10-17(13-23(2)3)21-20(16)19/h4-12,22H,13H2,1-3H3. The van der Waals surface area contributed by atoms with Crippen molar-refractivity contribution in [3.8, 4) is 0 Å². The van der Waals surface area contributed by atoms with Gasteiger partial charge in [-0.2, -0.15) is 0 Å². The normalized spacial score (nSPS) is 11.7. The summed E-state index contributed by atoms with van der Waals surface area (Å²) < 4.78 is 28.1. The molecule has 0 aliphatic carbocycles. The molecule has 2 aromatic carbocycles. The van der Waals surface area contributed by atoms with Gasteiger partial charge in [0, 0.05) is 17.5 Å². The summed E-state index contributed by atoms with van der Waals surface area (Å²) in [5.74, 6) is -0.112. The molecule has 27 heavy (non-hydrogen) atoms. The Balaban J connectivity index is 1.98. The summed E-state index contributed by atoms with van der Waals surface area (Å²) in [6, 6.07) is 15.1. The van der Waals surface area contributed by atoms with Crippen molar-refractivity contribution in [1.82, 2.24) is 9.88 Å². The van der Waals surface area contributed by atoms with Gasteiger partial charge in [0.15, 0.2) is 5.78 Å². The van der Waals surface area contributed by atoms with Gasteiger partial charge < -0.3 is 4.90 Å². The van der Waals surface area contributed by atoms with Crippen LogP contribution in [0.25, 0.3) is 10.9 Å². The Morgan fingerprint density at radius 2 is 1.74 bits per heavy atom. The first-order valence-corrected chi connectivity index (χ1v) is 9.92. The van der Waals surface area contributed by atoms with Crippen LogP contribution in [0.2, 0.25) is 0 Å². The van der Waals surface area contributed by atoms with E-state index in [4.69, 9.17) is 0 Å². The number of sulfonamides is 1. The van der Waals surface area contributed by atoms with Crippen molar-refractivity contribution in [2.75, 3.05) is 18.8 Å². The number of Topliss-reactive ketones (excluding diaryl/α,β-unsaturated/α-hetero) is 1. The number of benzene rings is 2. The Morgan fingerprint density at radius 3 is 2.37 bits per heavy atom.